The maximum absolute atomic E-state index is 14.2. The quantitative estimate of drug-likeness (QED) is 0.0196. The number of carbonyl (C=O) groups is 18. The summed E-state index contributed by atoms with van der Waals surface area (Å²) in [5.41, 5.74) is 13.1. The SMILES string of the molecule is CC(C)[C@@H](COC(=O)OCC1CC1)NC(=O)N[C@H](C(=O)N1C[C@H]2[C@@H]([C@H]1C(=O)NC(CC1CCC1)C(=O)C(N)=O)C2(C)C)C(C)(C)C.COC(=O)OC[C@@H](NC(=O)N[C@H](C(=O)N1C[C@H]2[C@@H]([C@H]1C(=O)NC(CC1CC1)C(=O)C(N)=O)C2(C)C)C(C)(C)C)C1CCC1.COC(=O)OC[C@@H](NC(=O)N[C@H](C(=O)N1C[C@H]2[C@@H]([C@H]1C(=O)NC(CC1CC1)C(=O)C(N)=O)C2(C)C)C(C)(C)C)C1CCCC1. The number of primary amides is 3. The van der Waals surface area contributed by atoms with Crippen molar-refractivity contribution in [1.82, 2.24) is 62.6 Å². The number of piperidine rings is 3. The fraction of sp³-hybridized carbons (Fsp3) is 0.809. The third kappa shape index (κ3) is 26.3. The Balaban J connectivity index is 0.000000207. The van der Waals surface area contributed by atoms with Crippen LogP contribution < -0.4 is 65.1 Å². The molecule has 133 heavy (non-hydrogen) atoms. The third-order valence-electron chi connectivity index (χ3n) is 30.5. The van der Waals surface area contributed by atoms with Crippen LogP contribution in [0.5, 0.6) is 0 Å². The van der Waals surface area contributed by atoms with Crippen LogP contribution in [0.4, 0.5) is 28.8 Å². The molecule has 39 nitrogen and oxygen atoms in total. The number of urea groups is 3. The summed E-state index contributed by atoms with van der Waals surface area (Å²) in [5, 5.41) is 25.4. The molecule has 3 aliphatic heterocycles. The van der Waals surface area contributed by atoms with Gasteiger partial charge in [0, 0.05) is 19.6 Å². The van der Waals surface area contributed by atoms with Crippen molar-refractivity contribution in [3.63, 3.8) is 0 Å². The van der Waals surface area contributed by atoms with Gasteiger partial charge in [0.05, 0.1) is 57.1 Å². The third-order valence-corrected chi connectivity index (χ3v) is 30.5. The van der Waals surface area contributed by atoms with Gasteiger partial charge in [-0.05, 0) is 167 Å². The molecule has 0 aromatic rings. The van der Waals surface area contributed by atoms with Gasteiger partial charge in [-0.1, -0.05) is 182 Å². The number of carbonyl (C=O) groups excluding carboxylic acids is 18. The monoisotopic (exact) mass is 1870 g/mol. The van der Waals surface area contributed by atoms with Gasteiger partial charge in [0.2, 0.25) is 52.8 Å². The van der Waals surface area contributed by atoms with E-state index in [-0.39, 0.29) is 107 Å². The highest BCUT2D eigenvalue weighted by Crippen LogP contribution is 2.67. The summed E-state index contributed by atoms with van der Waals surface area (Å²) in [6, 6.07) is -11.9. The number of Topliss-reactive ketones (excluding diaryl/α,β-unsaturated/α-hetero) is 3. The fourth-order valence-electron chi connectivity index (χ4n) is 20.6. The van der Waals surface area contributed by atoms with Gasteiger partial charge in [-0.25, -0.2) is 28.8 Å². The molecule has 39 heteroatoms. The summed E-state index contributed by atoms with van der Waals surface area (Å²) >= 11 is 0. The van der Waals surface area contributed by atoms with E-state index >= 15 is 0 Å². The number of likely N-dealkylation sites (tertiary alicyclic amines) is 3. The van der Waals surface area contributed by atoms with Crippen molar-refractivity contribution in [1.29, 1.82) is 0 Å². The number of fused-ring (bicyclic) bond motifs is 3. The first-order valence-corrected chi connectivity index (χ1v) is 47.8. The molecule has 15 amide bonds. The van der Waals surface area contributed by atoms with Crippen molar-refractivity contribution in [2.24, 2.45) is 127 Å². The molecule has 744 valence electrons. The standard InChI is InChI=1S/C33H53N5O8.C31H49N5O8.C30H47N5O8/c1-17(2)22(16-46-31(44)45-15-19-11-12-19)36-30(43)37-26(32(3,4)5)29(42)38-14-20-23(33(20,6)7)24(38)28(41)35-21(25(39)27(34)40)13-18-9-8-10-18;1-30(2,3)24(35-28(41)34-20(15-44-29(42)43-6)17-9-7-8-10-17)27(40)36-14-18-21(31(18,4)5)22(36)26(39)33-19(13-16-11-12-16)23(37)25(32)38;1-29(2,3)23(34-27(40)33-19(16-8-7-9-16)14-43-28(41)42-6)26(39)35-13-17-20(30(17,4)5)21(35)25(38)32-18(12-15-10-11-15)22(36)24(31)37/h17-24,26H,8-16H2,1-7H3,(H2,34,40)(H,35,41)(H2,36,37,43);16-22,24H,7-15H2,1-6H3,(H2,32,38)(H,33,39)(H2,34,35,41);15-21,23H,7-14H2,1-6H3,(H2,31,37)(H,32,38)(H2,33,34,40)/t20-,21?,22+,23-,24-,26+;18-,19?,20+,21-,22-,24+;17-,18?,19+,20-,21-,23+/m000/s1. The summed E-state index contributed by atoms with van der Waals surface area (Å²) < 4.78 is 29.7. The van der Waals surface area contributed by atoms with Crippen LogP contribution in [0.3, 0.4) is 0 Å². The lowest BCUT2D eigenvalue weighted by Gasteiger charge is -2.38. The predicted molar refractivity (Wildman–Crippen MR) is 481 cm³/mol. The van der Waals surface area contributed by atoms with E-state index < -0.39 is 196 Å². The number of nitrogens with one attached hydrogen (secondary N) is 9. The highest BCUT2D eigenvalue weighted by Gasteiger charge is 2.73. The topological polar surface area (TPSA) is 559 Å². The minimum atomic E-state index is -1.10. The molecule has 0 aromatic carbocycles. The molecule has 3 heterocycles. The van der Waals surface area contributed by atoms with Gasteiger partial charge in [-0.15, -0.1) is 0 Å². The number of methoxy groups -OCH3 is 2. The number of rotatable bonds is 38. The summed E-state index contributed by atoms with van der Waals surface area (Å²) in [6.45, 7) is 33.6. The smallest absolute Gasteiger partial charge is 0.438 e. The molecule has 0 aromatic heterocycles. The van der Waals surface area contributed by atoms with E-state index in [1.807, 2.05) is 118 Å². The first kappa shape index (κ1) is 105. The molecule has 12 fully saturated rings. The Labute approximate surface area is 779 Å². The van der Waals surface area contributed by atoms with Crippen molar-refractivity contribution in [3.05, 3.63) is 0 Å². The van der Waals surface area contributed by atoms with Gasteiger partial charge < -0.3 is 108 Å². The molecule has 3 unspecified atom stereocenters. The highest BCUT2D eigenvalue weighted by molar-refractivity contribution is 6.39. The van der Waals surface area contributed by atoms with E-state index in [2.05, 4.69) is 57.3 Å². The number of nitrogens with two attached hydrogens (primary N) is 3. The molecule has 0 spiro atoms. The molecule has 0 radical (unpaired) electrons. The summed E-state index contributed by atoms with van der Waals surface area (Å²) in [6.07, 6.45) is 13.7. The minimum absolute atomic E-state index is 0.0578. The Hall–Kier alpha value is -10.1. The molecular formula is C94H149N15O24. The number of nitrogens with zero attached hydrogens (tertiary/aromatic N) is 3. The van der Waals surface area contributed by atoms with Crippen molar-refractivity contribution in [2.75, 3.05) is 60.3 Å². The van der Waals surface area contributed by atoms with E-state index in [9.17, 15) is 86.3 Å². The van der Waals surface area contributed by atoms with Crippen LogP contribution in [0.2, 0.25) is 0 Å². The van der Waals surface area contributed by atoms with Crippen LogP contribution >= 0.6 is 0 Å². The van der Waals surface area contributed by atoms with Gasteiger partial charge in [-0.3, -0.25) is 57.5 Å². The van der Waals surface area contributed by atoms with Crippen molar-refractivity contribution >= 4 is 107 Å². The zero-order valence-electron chi connectivity index (χ0n) is 81.2. The normalized spacial score (nSPS) is 25.8. The van der Waals surface area contributed by atoms with Crippen molar-refractivity contribution in [2.45, 2.75) is 312 Å². The predicted octanol–water partition coefficient (Wildman–Crippen LogP) is 5.84. The average Bonchev–Trinajstić information content (AvgIpc) is 1.53. The van der Waals surface area contributed by atoms with Crippen LogP contribution in [-0.4, -0.2) is 255 Å². The van der Waals surface area contributed by atoms with Crippen LogP contribution in [-0.2, 0) is 86.0 Å². The zero-order chi connectivity index (χ0) is 98.5. The lowest BCUT2D eigenvalue weighted by Crippen LogP contribution is -2.62. The first-order valence-electron chi connectivity index (χ1n) is 47.8. The maximum Gasteiger partial charge on any atom is 0.508 e. The first-order chi connectivity index (χ1) is 62.0. The largest absolute Gasteiger partial charge is 0.508 e. The minimum Gasteiger partial charge on any atom is -0.438 e. The van der Waals surface area contributed by atoms with Gasteiger partial charge in [0.1, 0.15) is 56.1 Å². The Morgan fingerprint density at radius 1 is 0.353 bits per heavy atom. The van der Waals surface area contributed by atoms with Crippen LogP contribution in [0.25, 0.3) is 0 Å². The van der Waals surface area contributed by atoms with E-state index in [0.29, 0.717) is 51.4 Å². The van der Waals surface area contributed by atoms with Gasteiger partial charge in [0.25, 0.3) is 17.7 Å². The molecule has 12 rings (SSSR count). The van der Waals surface area contributed by atoms with Crippen LogP contribution in [0, 0.1) is 109 Å². The molecule has 3 saturated heterocycles. The Kier molecular flexibility index (Phi) is 33.5. The molecular weight excluding hydrogens is 1720 g/mol. The molecule has 12 aliphatic rings. The van der Waals surface area contributed by atoms with Gasteiger partial charge >= 0.3 is 36.6 Å². The Bertz CT molecular complexity index is 4360. The van der Waals surface area contributed by atoms with Crippen molar-refractivity contribution in [3.8, 4) is 0 Å². The fourth-order valence-corrected chi connectivity index (χ4v) is 20.6. The number of hydrogen-bond donors (Lipinski definition) is 12. The highest BCUT2D eigenvalue weighted by atomic mass is 16.7. The van der Waals surface area contributed by atoms with Crippen molar-refractivity contribution < 1.29 is 115 Å². The summed E-state index contributed by atoms with van der Waals surface area (Å²) in [4.78, 5) is 237. The number of ether oxygens (including phenoxy) is 6. The van der Waals surface area contributed by atoms with Crippen LogP contribution in [0.1, 0.15) is 240 Å². The molecule has 0 bridgehead atoms. The van der Waals surface area contributed by atoms with E-state index in [1.165, 1.54) is 28.9 Å². The van der Waals surface area contributed by atoms with Gasteiger partial charge in [-0.2, -0.15) is 0 Å². The number of ketones is 3. The summed E-state index contributed by atoms with van der Waals surface area (Å²) in [5.74, 6) is -7.44. The lowest BCUT2D eigenvalue weighted by molar-refractivity contribution is -0.145. The average molecular weight is 1870 g/mol. The second-order valence-electron chi connectivity index (χ2n) is 44.8. The van der Waals surface area contributed by atoms with E-state index in [1.54, 1.807) is 0 Å². The summed E-state index contributed by atoms with van der Waals surface area (Å²) in [7, 11) is 2.42. The molecule has 18 atom stereocenters. The van der Waals surface area contributed by atoms with Crippen LogP contribution in [0.15, 0.2) is 0 Å². The Morgan fingerprint density at radius 2 is 0.639 bits per heavy atom. The molecule has 15 N–H and O–H groups in total. The molecule has 9 saturated carbocycles. The Morgan fingerprint density at radius 3 is 0.895 bits per heavy atom. The molecule has 9 aliphatic carbocycles. The number of amides is 15. The lowest BCUT2D eigenvalue weighted by atomic mass is 9.80. The second kappa shape index (κ2) is 42.4. The maximum atomic E-state index is 14.2. The van der Waals surface area contributed by atoms with Gasteiger partial charge in [0.15, 0.2) is 0 Å². The zero-order valence-corrected chi connectivity index (χ0v) is 81.2. The second-order valence-corrected chi connectivity index (χ2v) is 44.8. The van der Waals surface area contributed by atoms with E-state index in [0.717, 1.165) is 103 Å². The number of hydrogen-bond acceptors (Lipinski definition) is 24. The van der Waals surface area contributed by atoms with E-state index in [4.69, 9.17) is 36.1 Å².